The number of hydrogen-bond acceptors (Lipinski definition) is 10. The first-order valence-corrected chi connectivity index (χ1v) is 14.9. The second-order valence-electron chi connectivity index (χ2n) is 9.58. The van der Waals surface area contributed by atoms with Crippen LogP contribution in [0.4, 0.5) is 5.82 Å². The van der Waals surface area contributed by atoms with Crippen LogP contribution in [0.15, 0.2) is 36.8 Å². The molecule has 2 aromatic rings. The lowest BCUT2D eigenvalue weighted by Crippen LogP contribution is -2.44. The number of likely N-dealkylation sites (tertiary alicyclic amines) is 1. The number of imidazole rings is 1. The van der Waals surface area contributed by atoms with Gasteiger partial charge in [-0.15, -0.1) is 0 Å². The number of hydrogen-bond donors (Lipinski definition) is 0. The highest BCUT2D eigenvalue weighted by Gasteiger charge is 2.44. The van der Waals surface area contributed by atoms with Crippen LogP contribution in [0.1, 0.15) is 57.1 Å². The number of carbonyl (C=O) groups excluding carboxylic acids is 2. The van der Waals surface area contributed by atoms with Crippen molar-refractivity contribution in [3.63, 3.8) is 0 Å². The number of aromatic nitrogens is 2. The molecule has 1 fully saturated rings. The zero-order chi connectivity index (χ0) is 29.3. The first-order valence-electron chi connectivity index (χ1n) is 13.2. The van der Waals surface area contributed by atoms with E-state index in [4.69, 9.17) is 18.5 Å². The zero-order valence-corrected chi connectivity index (χ0v) is 24.2. The van der Waals surface area contributed by atoms with Crippen molar-refractivity contribution in [1.29, 1.82) is 0 Å². The average molecular weight is 581 g/mol. The summed E-state index contributed by atoms with van der Waals surface area (Å²) in [6, 6.07) is 5.28. The van der Waals surface area contributed by atoms with Gasteiger partial charge in [0.25, 0.3) is 0 Å². The third-order valence-corrected chi connectivity index (χ3v) is 8.79. The van der Waals surface area contributed by atoms with Crippen LogP contribution in [-0.4, -0.2) is 71.3 Å². The predicted molar refractivity (Wildman–Crippen MR) is 145 cm³/mol. The molecular weight excluding hydrogens is 543 g/mol. The molecule has 2 heterocycles. The van der Waals surface area contributed by atoms with E-state index < -0.39 is 36.7 Å². The van der Waals surface area contributed by atoms with Crippen LogP contribution in [0.5, 0.6) is 5.75 Å². The molecule has 1 aromatic carbocycles. The molecule has 0 bridgehead atoms. The summed E-state index contributed by atoms with van der Waals surface area (Å²) in [5.41, 5.74) is 0.732. The maximum atomic E-state index is 13.8. The van der Waals surface area contributed by atoms with Crippen LogP contribution in [-0.2, 0) is 34.1 Å². The Labute approximate surface area is 233 Å². The quantitative estimate of drug-likeness (QED) is 0.0967. The molecule has 0 spiro atoms. The Balaban J connectivity index is 1.77. The number of carbonyl (C=O) groups is 2. The van der Waals surface area contributed by atoms with Crippen molar-refractivity contribution in [1.82, 2.24) is 14.5 Å². The Bertz CT molecular complexity index is 1200. The first-order chi connectivity index (χ1) is 19.1. The number of nitrogens with zero attached hydrogens (tertiary/aromatic N) is 4. The van der Waals surface area contributed by atoms with Crippen LogP contribution >= 0.6 is 7.60 Å². The van der Waals surface area contributed by atoms with Gasteiger partial charge >= 0.3 is 19.4 Å². The molecule has 40 heavy (non-hydrogen) atoms. The molecule has 0 unspecified atom stereocenters. The fourth-order valence-corrected chi connectivity index (χ4v) is 5.79. The normalized spacial score (nSPS) is 17.9. The summed E-state index contributed by atoms with van der Waals surface area (Å²) in [6.07, 6.45) is 6.45. The lowest BCUT2D eigenvalue weighted by atomic mass is 10.1. The predicted octanol–water partition coefficient (Wildman–Crippen LogP) is 4.51. The van der Waals surface area contributed by atoms with E-state index in [0.29, 0.717) is 12.2 Å². The highest BCUT2D eigenvalue weighted by molar-refractivity contribution is 7.52. The molecule has 13 nitrogen and oxygen atoms in total. The molecule has 1 aliphatic heterocycles. The molecule has 1 saturated heterocycles. The minimum absolute atomic E-state index is 0.0997. The molecule has 3 rings (SSSR count). The van der Waals surface area contributed by atoms with Gasteiger partial charge < -0.3 is 33.5 Å². The summed E-state index contributed by atoms with van der Waals surface area (Å²) in [7, 11) is 0.701. The largest absolute Gasteiger partial charge is 0.488 e. The van der Waals surface area contributed by atoms with E-state index in [1.54, 1.807) is 24.3 Å². The Morgan fingerprint density at radius 1 is 1.15 bits per heavy atom. The highest BCUT2D eigenvalue weighted by Crippen LogP contribution is 2.49. The lowest BCUT2D eigenvalue weighted by molar-refractivity contribution is -0.389. The van der Waals surface area contributed by atoms with Gasteiger partial charge in [0.05, 0.1) is 19.8 Å². The van der Waals surface area contributed by atoms with E-state index in [0.717, 1.165) is 31.2 Å². The second-order valence-corrected chi connectivity index (χ2v) is 11.9. The van der Waals surface area contributed by atoms with Crippen LogP contribution in [0, 0.1) is 10.1 Å². The molecular formula is C26H37N4O9P. The maximum absolute atomic E-state index is 13.8. The van der Waals surface area contributed by atoms with E-state index in [1.165, 1.54) is 43.3 Å². The van der Waals surface area contributed by atoms with E-state index in [9.17, 15) is 24.3 Å². The standard InChI is InChI=1S/C26H37N4O9P/c1-5-6-7-8-9-22(28-16-24(27-18-28)30(33)34)25(31)29-15-21(14-23(29)26(32)36-2)39-20-12-10-19(11-13-20)17-40(35,37-3)38-4/h10-13,16,18,21-23H,5-9,14-15,17H2,1-4H3/t21-,22-,23-/m0/s1. The lowest BCUT2D eigenvalue weighted by Gasteiger charge is -2.27. The van der Waals surface area contributed by atoms with Crippen molar-refractivity contribution in [2.75, 3.05) is 27.9 Å². The number of rotatable bonds is 15. The molecule has 0 aliphatic carbocycles. The van der Waals surface area contributed by atoms with Gasteiger partial charge in [-0.1, -0.05) is 44.7 Å². The molecule has 3 atom stereocenters. The van der Waals surface area contributed by atoms with Crippen molar-refractivity contribution in [3.05, 3.63) is 52.5 Å². The third kappa shape index (κ3) is 7.89. The third-order valence-electron chi connectivity index (χ3n) is 6.93. The second kappa shape index (κ2) is 14.4. The fraction of sp³-hybridized carbons (Fsp3) is 0.577. The molecule has 0 N–H and O–H groups in total. The van der Waals surface area contributed by atoms with Crippen molar-refractivity contribution < 1.29 is 37.6 Å². The first kappa shape index (κ1) is 31.3. The minimum atomic E-state index is -3.22. The molecule has 1 aliphatic rings. The summed E-state index contributed by atoms with van der Waals surface area (Å²) < 4.78 is 34.9. The Morgan fingerprint density at radius 3 is 2.42 bits per heavy atom. The van der Waals surface area contributed by atoms with Crippen molar-refractivity contribution in [2.45, 2.75) is 69.8 Å². The number of unbranched alkanes of at least 4 members (excludes halogenated alkanes) is 3. The molecule has 1 amide bonds. The van der Waals surface area contributed by atoms with Crippen LogP contribution < -0.4 is 4.74 Å². The van der Waals surface area contributed by atoms with Gasteiger partial charge in [0, 0.05) is 20.6 Å². The molecule has 14 heteroatoms. The minimum Gasteiger partial charge on any atom is -0.488 e. The zero-order valence-electron chi connectivity index (χ0n) is 23.3. The molecule has 1 aromatic heterocycles. The van der Waals surface area contributed by atoms with E-state index in [-0.39, 0.29) is 30.9 Å². The van der Waals surface area contributed by atoms with Crippen molar-refractivity contribution in [3.8, 4) is 5.75 Å². The van der Waals surface area contributed by atoms with Crippen molar-refractivity contribution in [2.24, 2.45) is 0 Å². The average Bonchev–Trinajstić information content (AvgIpc) is 3.61. The van der Waals surface area contributed by atoms with Crippen LogP contribution in [0.25, 0.3) is 0 Å². The smallest absolute Gasteiger partial charge is 0.381 e. The Morgan fingerprint density at radius 2 is 1.85 bits per heavy atom. The number of ether oxygens (including phenoxy) is 2. The van der Waals surface area contributed by atoms with Gasteiger partial charge in [-0.05, 0) is 34.0 Å². The summed E-state index contributed by atoms with van der Waals surface area (Å²) in [4.78, 5) is 42.4. The molecule has 0 radical (unpaired) electrons. The van der Waals surface area contributed by atoms with Gasteiger partial charge in [0.2, 0.25) is 12.2 Å². The highest BCUT2D eigenvalue weighted by atomic mass is 31.2. The summed E-state index contributed by atoms with van der Waals surface area (Å²) in [6.45, 7) is 2.21. The maximum Gasteiger partial charge on any atom is 0.381 e. The SMILES string of the molecule is CCCCCC[C@@H](C(=O)N1C[C@@H](Oc2ccc(CP(=O)(OC)OC)cc2)C[C@H]1C(=O)OC)n1cnc([N+](=O)[O-])c1. The monoisotopic (exact) mass is 580 g/mol. The van der Waals surface area contributed by atoms with Crippen molar-refractivity contribution >= 4 is 25.3 Å². The van der Waals surface area contributed by atoms with Gasteiger partial charge in [-0.25, -0.2) is 4.79 Å². The van der Waals surface area contributed by atoms with Crippen LogP contribution in [0.2, 0.25) is 0 Å². The number of nitro groups is 1. The van der Waals surface area contributed by atoms with E-state index in [1.807, 2.05) is 0 Å². The number of esters is 1. The van der Waals surface area contributed by atoms with E-state index in [2.05, 4.69) is 11.9 Å². The van der Waals surface area contributed by atoms with Gasteiger partial charge in [0.1, 0.15) is 30.1 Å². The van der Waals surface area contributed by atoms with Gasteiger partial charge in [-0.3, -0.25) is 13.9 Å². The summed E-state index contributed by atoms with van der Waals surface area (Å²) in [5, 5.41) is 11.2. The fourth-order valence-electron chi connectivity index (χ4n) is 4.73. The Hall–Kier alpha value is -3.28. The molecule has 220 valence electrons. The topological polar surface area (TPSA) is 152 Å². The number of benzene rings is 1. The van der Waals surface area contributed by atoms with Crippen LogP contribution in [0.3, 0.4) is 0 Å². The molecule has 0 saturated carbocycles. The summed E-state index contributed by atoms with van der Waals surface area (Å²) >= 11 is 0. The van der Waals surface area contributed by atoms with Gasteiger partial charge in [0.15, 0.2) is 0 Å². The number of methoxy groups -OCH3 is 1. The van der Waals surface area contributed by atoms with E-state index >= 15 is 0 Å². The Kier molecular flexibility index (Phi) is 11.2. The number of amides is 1. The van der Waals surface area contributed by atoms with Gasteiger partial charge in [-0.2, -0.15) is 0 Å². The summed E-state index contributed by atoms with van der Waals surface area (Å²) in [5.74, 6) is -0.756.